The molecule has 9 heteroatoms. The summed E-state index contributed by atoms with van der Waals surface area (Å²) in [6.07, 6.45) is 0.894. The summed E-state index contributed by atoms with van der Waals surface area (Å²) in [5, 5.41) is 14.8. The minimum absolute atomic E-state index is 0.00186. The van der Waals surface area contributed by atoms with Gasteiger partial charge in [0.15, 0.2) is 0 Å². The molecule has 1 unspecified atom stereocenters. The molecular formula is C13H20F3N3O3. The maximum Gasteiger partial charge on any atom is 0.490 e. The van der Waals surface area contributed by atoms with Crippen LogP contribution in [0.15, 0.2) is 12.4 Å². The zero-order valence-corrected chi connectivity index (χ0v) is 12.6. The molecule has 22 heavy (non-hydrogen) atoms. The number of carboxylic acids is 1. The van der Waals surface area contributed by atoms with Crippen molar-refractivity contribution in [1.82, 2.24) is 9.78 Å². The van der Waals surface area contributed by atoms with Gasteiger partial charge in [-0.2, -0.15) is 18.3 Å². The van der Waals surface area contributed by atoms with Crippen LogP contribution < -0.4 is 5.32 Å². The van der Waals surface area contributed by atoms with Gasteiger partial charge in [-0.15, -0.1) is 0 Å². The number of nitrogens with zero attached hydrogens (tertiary/aromatic N) is 2. The Morgan fingerprint density at radius 3 is 2.55 bits per heavy atom. The Kier molecular flexibility index (Phi) is 5.81. The second-order valence-corrected chi connectivity index (χ2v) is 5.65. The van der Waals surface area contributed by atoms with E-state index < -0.39 is 12.1 Å². The number of halogens is 3. The third-order valence-corrected chi connectivity index (χ3v) is 3.02. The van der Waals surface area contributed by atoms with Gasteiger partial charge in [0.1, 0.15) is 0 Å². The fourth-order valence-corrected chi connectivity index (χ4v) is 2.09. The molecule has 1 aliphatic rings. The second-order valence-electron chi connectivity index (χ2n) is 5.65. The van der Waals surface area contributed by atoms with E-state index in [0.29, 0.717) is 6.04 Å². The van der Waals surface area contributed by atoms with E-state index in [0.717, 1.165) is 25.1 Å². The molecule has 2 heterocycles. The quantitative estimate of drug-likeness (QED) is 0.874. The van der Waals surface area contributed by atoms with Crippen molar-refractivity contribution < 1.29 is 27.8 Å². The van der Waals surface area contributed by atoms with E-state index in [1.54, 1.807) is 0 Å². The third kappa shape index (κ3) is 6.33. The van der Waals surface area contributed by atoms with Crippen LogP contribution in [0, 0.1) is 0 Å². The number of carbonyl (C=O) groups is 1. The van der Waals surface area contributed by atoms with E-state index in [2.05, 4.69) is 24.3 Å². The van der Waals surface area contributed by atoms with Crippen LogP contribution in [-0.2, 0) is 16.6 Å². The monoisotopic (exact) mass is 323 g/mol. The Morgan fingerprint density at radius 2 is 2.14 bits per heavy atom. The number of aryl methyl sites for hydroxylation is 1. The maximum absolute atomic E-state index is 10.6. The fourth-order valence-electron chi connectivity index (χ4n) is 2.09. The van der Waals surface area contributed by atoms with Gasteiger partial charge in [-0.25, -0.2) is 4.79 Å². The first-order valence-corrected chi connectivity index (χ1v) is 6.69. The highest BCUT2D eigenvalue weighted by molar-refractivity contribution is 5.73. The summed E-state index contributed by atoms with van der Waals surface area (Å²) in [5.41, 5.74) is 1.10. The molecule has 2 rings (SSSR count). The van der Waals surface area contributed by atoms with Crippen LogP contribution in [0.25, 0.3) is 0 Å². The molecule has 0 aliphatic carbocycles. The first kappa shape index (κ1) is 18.3. The molecule has 1 aromatic rings. The molecule has 2 N–H and O–H groups in total. The van der Waals surface area contributed by atoms with E-state index in [1.165, 1.54) is 0 Å². The number of aromatic nitrogens is 2. The lowest BCUT2D eigenvalue weighted by atomic mass is 9.94. The first-order valence-electron chi connectivity index (χ1n) is 6.69. The lowest BCUT2D eigenvalue weighted by Crippen LogP contribution is -2.40. The van der Waals surface area contributed by atoms with Gasteiger partial charge in [0.2, 0.25) is 0 Å². The number of carboxylic acid groups (broad SMARTS) is 1. The molecule has 0 aromatic carbocycles. The van der Waals surface area contributed by atoms with E-state index in [-0.39, 0.29) is 5.60 Å². The van der Waals surface area contributed by atoms with E-state index in [4.69, 9.17) is 14.6 Å². The molecule has 1 atom stereocenters. The zero-order chi connectivity index (χ0) is 17.0. The molecule has 1 fully saturated rings. The van der Waals surface area contributed by atoms with Gasteiger partial charge in [-0.3, -0.25) is 4.68 Å². The van der Waals surface area contributed by atoms with Crippen molar-refractivity contribution in [3.63, 3.8) is 0 Å². The predicted octanol–water partition coefficient (Wildman–Crippen LogP) is 2.42. The largest absolute Gasteiger partial charge is 0.490 e. The summed E-state index contributed by atoms with van der Waals surface area (Å²) in [4.78, 5) is 8.90. The summed E-state index contributed by atoms with van der Waals surface area (Å²) in [6, 6.07) is 0.498. The number of alkyl halides is 3. The second kappa shape index (κ2) is 6.99. The minimum atomic E-state index is -5.08. The third-order valence-electron chi connectivity index (χ3n) is 3.02. The summed E-state index contributed by atoms with van der Waals surface area (Å²) >= 11 is 0. The summed E-state index contributed by atoms with van der Waals surface area (Å²) < 4.78 is 39.2. The lowest BCUT2D eigenvalue weighted by Gasteiger charge is -2.36. The number of rotatable bonds is 2. The fraction of sp³-hybridized carbons (Fsp3) is 0.692. The average Bonchev–Trinajstić information content (AvgIpc) is 2.73. The maximum atomic E-state index is 10.6. The van der Waals surface area contributed by atoms with Crippen LogP contribution in [0.4, 0.5) is 18.9 Å². The Morgan fingerprint density at radius 1 is 1.55 bits per heavy atom. The van der Waals surface area contributed by atoms with Crippen molar-refractivity contribution in [2.45, 2.75) is 44.5 Å². The number of hydrogen-bond acceptors (Lipinski definition) is 4. The van der Waals surface area contributed by atoms with Crippen molar-refractivity contribution in [2.75, 3.05) is 11.9 Å². The van der Waals surface area contributed by atoms with E-state index in [9.17, 15) is 13.2 Å². The Labute approximate surface area is 126 Å². The number of hydrogen-bond donors (Lipinski definition) is 2. The molecule has 1 aromatic heterocycles. The predicted molar refractivity (Wildman–Crippen MR) is 73.6 cm³/mol. The molecule has 0 amide bonds. The van der Waals surface area contributed by atoms with Crippen molar-refractivity contribution in [3.8, 4) is 0 Å². The number of anilines is 1. The molecule has 6 nitrogen and oxygen atoms in total. The number of nitrogens with one attached hydrogen (secondary N) is 1. The smallest absolute Gasteiger partial charge is 0.475 e. The Bertz CT molecular complexity index is 500. The van der Waals surface area contributed by atoms with Gasteiger partial charge in [0, 0.05) is 25.9 Å². The van der Waals surface area contributed by atoms with Crippen LogP contribution >= 0.6 is 0 Å². The topological polar surface area (TPSA) is 76.4 Å². The van der Waals surface area contributed by atoms with Crippen molar-refractivity contribution in [2.24, 2.45) is 7.05 Å². The molecule has 0 radical (unpaired) electrons. The first-order chi connectivity index (χ1) is 9.99. The standard InChI is InChI=1S/C11H19N3O.C2HF3O2/c1-11(2)6-9(4-5-15-11)13-10-7-12-14(3)8-10;3-2(4,5)1(6)7/h7-9,13H,4-6H2,1-3H3;(H,6,7). The van der Waals surface area contributed by atoms with E-state index >= 15 is 0 Å². The molecule has 1 aliphatic heterocycles. The van der Waals surface area contributed by atoms with Gasteiger partial charge in [0.05, 0.1) is 17.5 Å². The van der Waals surface area contributed by atoms with Gasteiger partial charge in [-0.05, 0) is 26.7 Å². The molecular weight excluding hydrogens is 303 g/mol. The number of aliphatic carboxylic acids is 1. The van der Waals surface area contributed by atoms with Crippen LogP contribution in [0.1, 0.15) is 26.7 Å². The van der Waals surface area contributed by atoms with Gasteiger partial charge >= 0.3 is 12.1 Å². The minimum Gasteiger partial charge on any atom is -0.475 e. The van der Waals surface area contributed by atoms with Gasteiger partial charge in [-0.1, -0.05) is 0 Å². The van der Waals surface area contributed by atoms with Crippen LogP contribution in [0.2, 0.25) is 0 Å². The Balaban J connectivity index is 0.000000295. The lowest BCUT2D eigenvalue weighted by molar-refractivity contribution is -0.192. The normalized spacial score (nSPS) is 20.7. The number of ether oxygens (including phenoxy) is 1. The van der Waals surface area contributed by atoms with Crippen LogP contribution in [-0.4, -0.2) is 45.3 Å². The average molecular weight is 323 g/mol. The SMILES string of the molecule is Cn1cc(NC2CCOC(C)(C)C2)cn1.O=C(O)C(F)(F)F. The van der Waals surface area contributed by atoms with Gasteiger partial charge in [0.25, 0.3) is 0 Å². The van der Waals surface area contributed by atoms with Gasteiger partial charge < -0.3 is 15.2 Å². The van der Waals surface area contributed by atoms with E-state index in [1.807, 2.05) is 24.1 Å². The zero-order valence-electron chi connectivity index (χ0n) is 12.6. The summed E-state index contributed by atoms with van der Waals surface area (Å²) in [6.45, 7) is 5.12. The molecule has 1 saturated heterocycles. The highest BCUT2D eigenvalue weighted by Gasteiger charge is 2.38. The van der Waals surface area contributed by atoms with Crippen molar-refractivity contribution in [1.29, 1.82) is 0 Å². The molecule has 126 valence electrons. The summed E-state index contributed by atoms with van der Waals surface area (Å²) in [7, 11) is 1.93. The van der Waals surface area contributed by atoms with Crippen LogP contribution in [0.3, 0.4) is 0 Å². The van der Waals surface area contributed by atoms with Crippen LogP contribution in [0.5, 0.6) is 0 Å². The highest BCUT2D eigenvalue weighted by atomic mass is 19.4. The molecule has 0 saturated carbocycles. The molecule has 0 bridgehead atoms. The highest BCUT2D eigenvalue weighted by Crippen LogP contribution is 2.26. The van der Waals surface area contributed by atoms with Crippen molar-refractivity contribution in [3.05, 3.63) is 12.4 Å². The van der Waals surface area contributed by atoms with Crippen molar-refractivity contribution >= 4 is 11.7 Å². The molecule has 0 spiro atoms. The Hall–Kier alpha value is -1.77. The summed E-state index contributed by atoms with van der Waals surface area (Å²) in [5.74, 6) is -2.76.